The lowest BCUT2D eigenvalue weighted by Gasteiger charge is -2.02. The van der Waals surface area contributed by atoms with Gasteiger partial charge in [-0.05, 0) is 18.9 Å². The molecule has 0 aromatic heterocycles. The van der Waals surface area contributed by atoms with Crippen LogP contribution in [0.1, 0.15) is 33.6 Å². The number of allylic oxidation sites excluding steroid dienone is 4. The first-order valence-corrected chi connectivity index (χ1v) is 4.52. The minimum atomic E-state index is 0.224. The van der Waals surface area contributed by atoms with Crippen LogP contribution in [0.5, 0.6) is 0 Å². The van der Waals surface area contributed by atoms with E-state index < -0.39 is 0 Å². The molecule has 0 spiro atoms. The fourth-order valence-electron chi connectivity index (χ4n) is 0.830. The summed E-state index contributed by atoms with van der Waals surface area (Å²) >= 11 is 0. The highest BCUT2D eigenvalue weighted by atomic mass is 16.1. The third-order valence-electron chi connectivity index (χ3n) is 1.83. The molecule has 0 aromatic carbocycles. The predicted octanol–water partition coefficient (Wildman–Crippen LogP) is 3.12. The molecule has 0 bridgehead atoms. The molecular formula is C11H18O. The first-order valence-electron chi connectivity index (χ1n) is 4.52. The van der Waals surface area contributed by atoms with Gasteiger partial charge >= 0.3 is 0 Å². The lowest BCUT2D eigenvalue weighted by Crippen LogP contribution is -2.00. The lowest BCUT2D eigenvalue weighted by atomic mass is 10.0. The van der Waals surface area contributed by atoms with Gasteiger partial charge in [-0.25, -0.2) is 0 Å². The van der Waals surface area contributed by atoms with Crippen molar-refractivity contribution < 1.29 is 4.79 Å². The summed E-state index contributed by atoms with van der Waals surface area (Å²) < 4.78 is 0. The fourth-order valence-corrected chi connectivity index (χ4v) is 0.830. The van der Waals surface area contributed by atoms with Gasteiger partial charge in [-0.3, -0.25) is 4.79 Å². The average molecular weight is 166 g/mol. The molecule has 0 N–H and O–H groups in total. The molecule has 0 aliphatic carbocycles. The molecule has 1 atom stereocenters. The number of carbonyl (C=O) groups is 1. The van der Waals surface area contributed by atoms with Gasteiger partial charge in [0.05, 0.1) is 0 Å². The Morgan fingerprint density at radius 1 is 1.42 bits per heavy atom. The van der Waals surface area contributed by atoms with E-state index in [1.54, 1.807) is 12.2 Å². The predicted molar refractivity (Wildman–Crippen MR) is 53.0 cm³/mol. The Labute approximate surface area is 75.2 Å². The van der Waals surface area contributed by atoms with Crippen LogP contribution in [0.4, 0.5) is 0 Å². The highest BCUT2D eigenvalue weighted by Crippen LogP contribution is 2.06. The number of ketones is 1. The van der Waals surface area contributed by atoms with E-state index in [1.807, 2.05) is 19.1 Å². The van der Waals surface area contributed by atoms with Crippen LogP contribution in [-0.2, 0) is 4.79 Å². The second kappa shape index (κ2) is 6.84. The Hall–Kier alpha value is -0.850. The zero-order valence-corrected chi connectivity index (χ0v) is 8.21. The Morgan fingerprint density at radius 3 is 2.58 bits per heavy atom. The molecule has 1 heteroatoms. The molecular weight excluding hydrogens is 148 g/mol. The molecule has 0 amide bonds. The first kappa shape index (κ1) is 11.2. The number of hydrogen-bond acceptors (Lipinski definition) is 1. The van der Waals surface area contributed by atoms with Crippen LogP contribution in [-0.4, -0.2) is 5.78 Å². The smallest absolute Gasteiger partial charge is 0.155 e. The monoisotopic (exact) mass is 166 g/mol. The van der Waals surface area contributed by atoms with E-state index in [-0.39, 0.29) is 5.78 Å². The maximum Gasteiger partial charge on any atom is 0.155 e. The summed E-state index contributed by atoms with van der Waals surface area (Å²) in [6.45, 7) is 6.14. The highest BCUT2D eigenvalue weighted by Gasteiger charge is 2.02. The summed E-state index contributed by atoms with van der Waals surface area (Å²) in [5.41, 5.74) is 0. The molecule has 0 heterocycles. The van der Waals surface area contributed by atoms with Gasteiger partial charge in [0.2, 0.25) is 0 Å². The van der Waals surface area contributed by atoms with Crippen molar-refractivity contribution in [2.24, 2.45) is 5.92 Å². The lowest BCUT2D eigenvalue weighted by molar-refractivity contribution is -0.115. The molecule has 0 saturated heterocycles. The van der Waals surface area contributed by atoms with E-state index in [0.717, 1.165) is 6.42 Å². The number of hydrogen-bond donors (Lipinski definition) is 0. The van der Waals surface area contributed by atoms with Crippen molar-refractivity contribution in [2.45, 2.75) is 33.6 Å². The van der Waals surface area contributed by atoms with Crippen LogP contribution in [0.3, 0.4) is 0 Å². The van der Waals surface area contributed by atoms with Crippen molar-refractivity contribution in [1.29, 1.82) is 0 Å². The van der Waals surface area contributed by atoms with Crippen molar-refractivity contribution in [2.75, 3.05) is 0 Å². The van der Waals surface area contributed by atoms with E-state index >= 15 is 0 Å². The fraction of sp³-hybridized carbons (Fsp3) is 0.545. The number of carbonyl (C=O) groups excluding carboxylic acids is 1. The molecule has 68 valence electrons. The summed E-state index contributed by atoms with van der Waals surface area (Å²) in [4.78, 5) is 11.2. The molecule has 12 heavy (non-hydrogen) atoms. The largest absolute Gasteiger partial charge is 0.295 e. The van der Waals surface area contributed by atoms with Gasteiger partial charge in [0.15, 0.2) is 5.78 Å². The Morgan fingerprint density at radius 2 is 2.08 bits per heavy atom. The molecule has 0 aromatic rings. The van der Waals surface area contributed by atoms with E-state index in [9.17, 15) is 4.79 Å². The SMILES string of the molecule is C/C=C/C=C/C(=O)CC(C)CC. The van der Waals surface area contributed by atoms with Crippen molar-refractivity contribution in [3.05, 3.63) is 24.3 Å². The van der Waals surface area contributed by atoms with Crippen molar-refractivity contribution in [1.82, 2.24) is 0 Å². The molecule has 0 aliphatic rings. The van der Waals surface area contributed by atoms with Crippen LogP contribution in [0, 0.1) is 5.92 Å². The van der Waals surface area contributed by atoms with Gasteiger partial charge in [0, 0.05) is 6.42 Å². The normalized spacial score (nSPS) is 14.2. The van der Waals surface area contributed by atoms with E-state index in [0.29, 0.717) is 12.3 Å². The Kier molecular flexibility index (Phi) is 6.35. The Bertz CT molecular complexity index is 177. The minimum absolute atomic E-state index is 0.224. The third kappa shape index (κ3) is 5.90. The quantitative estimate of drug-likeness (QED) is 0.453. The van der Waals surface area contributed by atoms with E-state index in [4.69, 9.17) is 0 Å². The van der Waals surface area contributed by atoms with Gasteiger partial charge < -0.3 is 0 Å². The first-order chi connectivity index (χ1) is 5.70. The van der Waals surface area contributed by atoms with Crippen molar-refractivity contribution in [3.63, 3.8) is 0 Å². The van der Waals surface area contributed by atoms with Gasteiger partial charge in [-0.2, -0.15) is 0 Å². The van der Waals surface area contributed by atoms with Crippen molar-refractivity contribution in [3.8, 4) is 0 Å². The maximum absolute atomic E-state index is 11.2. The van der Waals surface area contributed by atoms with Gasteiger partial charge in [-0.15, -0.1) is 0 Å². The standard InChI is InChI=1S/C11H18O/c1-4-6-7-8-11(12)9-10(3)5-2/h4,6-8,10H,5,9H2,1-3H3/b6-4+,8-7+. The topological polar surface area (TPSA) is 17.1 Å². The van der Waals surface area contributed by atoms with Crippen LogP contribution in [0.2, 0.25) is 0 Å². The van der Waals surface area contributed by atoms with Gasteiger partial charge in [-0.1, -0.05) is 38.5 Å². The van der Waals surface area contributed by atoms with E-state index in [2.05, 4.69) is 13.8 Å². The van der Waals surface area contributed by atoms with Gasteiger partial charge in [0.1, 0.15) is 0 Å². The molecule has 0 saturated carbocycles. The highest BCUT2D eigenvalue weighted by molar-refractivity contribution is 5.89. The van der Waals surface area contributed by atoms with Crippen LogP contribution in [0.15, 0.2) is 24.3 Å². The second-order valence-corrected chi connectivity index (χ2v) is 3.07. The zero-order valence-electron chi connectivity index (χ0n) is 8.21. The molecule has 0 radical (unpaired) electrons. The van der Waals surface area contributed by atoms with Crippen LogP contribution < -0.4 is 0 Å². The maximum atomic E-state index is 11.2. The summed E-state index contributed by atoms with van der Waals surface area (Å²) in [6.07, 6.45) is 8.96. The average Bonchev–Trinajstić information content (AvgIpc) is 2.05. The molecule has 1 nitrogen and oxygen atoms in total. The summed E-state index contributed by atoms with van der Waals surface area (Å²) in [7, 11) is 0. The second-order valence-electron chi connectivity index (χ2n) is 3.07. The Balaban J connectivity index is 3.73. The minimum Gasteiger partial charge on any atom is -0.295 e. The van der Waals surface area contributed by atoms with Gasteiger partial charge in [0.25, 0.3) is 0 Å². The molecule has 1 unspecified atom stereocenters. The number of rotatable bonds is 5. The zero-order chi connectivity index (χ0) is 9.40. The summed E-state index contributed by atoms with van der Waals surface area (Å²) in [5, 5.41) is 0. The van der Waals surface area contributed by atoms with E-state index in [1.165, 1.54) is 0 Å². The molecule has 0 aliphatic heterocycles. The summed E-state index contributed by atoms with van der Waals surface area (Å²) in [5.74, 6) is 0.732. The third-order valence-corrected chi connectivity index (χ3v) is 1.83. The molecule has 0 rings (SSSR count). The summed E-state index contributed by atoms with van der Waals surface area (Å²) in [6, 6.07) is 0. The molecule has 0 fully saturated rings. The van der Waals surface area contributed by atoms with Crippen LogP contribution in [0.25, 0.3) is 0 Å². The van der Waals surface area contributed by atoms with Crippen molar-refractivity contribution >= 4 is 5.78 Å². The van der Waals surface area contributed by atoms with Crippen LogP contribution >= 0.6 is 0 Å².